The van der Waals surface area contributed by atoms with E-state index in [0.29, 0.717) is 25.3 Å². The number of nitrogens with one attached hydrogen (secondary N) is 1. The Morgan fingerprint density at radius 1 is 1.13 bits per heavy atom. The summed E-state index contributed by atoms with van der Waals surface area (Å²) in [7, 11) is 2.16. The summed E-state index contributed by atoms with van der Waals surface area (Å²) in [5.41, 5.74) is 3.35. The first-order chi connectivity index (χ1) is 15.0. The van der Waals surface area contributed by atoms with E-state index in [1.54, 1.807) is 0 Å². The molecule has 1 aromatic carbocycles. The van der Waals surface area contributed by atoms with Gasteiger partial charge in [-0.1, -0.05) is 6.92 Å². The van der Waals surface area contributed by atoms with E-state index in [1.807, 2.05) is 41.8 Å². The molecule has 0 aliphatic carbocycles. The van der Waals surface area contributed by atoms with E-state index in [-0.39, 0.29) is 5.91 Å². The second kappa shape index (κ2) is 9.70. The van der Waals surface area contributed by atoms with Gasteiger partial charge < -0.3 is 19.9 Å². The lowest BCUT2D eigenvalue weighted by Crippen LogP contribution is -2.44. The summed E-state index contributed by atoms with van der Waals surface area (Å²) in [5, 5.41) is 2.96. The van der Waals surface area contributed by atoms with Crippen molar-refractivity contribution in [2.24, 2.45) is 0 Å². The van der Waals surface area contributed by atoms with Crippen LogP contribution < -0.4 is 15.0 Å². The third-order valence-electron chi connectivity index (χ3n) is 5.57. The molecule has 164 valence electrons. The highest BCUT2D eigenvalue weighted by molar-refractivity contribution is 9.10. The van der Waals surface area contributed by atoms with Gasteiger partial charge in [0.05, 0.1) is 12.2 Å². The molecule has 3 heterocycles. The number of pyridine rings is 1. The molecule has 4 rings (SSSR count). The molecule has 1 N–H and O–H groups in total. The van der Waals surface area contributed by atoms with Crippen LogP contribution in [-0.4, -0.2) is 66.6 Å². The second-order valence-electron chi connectivity index (χ2n) is 7.72. The number of hydrogen-bond donors (Lipinski definition) is 1. The van der Waals surface area contributed by atoms with Crippen molar-refractivity contribution in [2.45, 2.75) is 13.3 Å². The van der Waals surface area contributed by atoms with Crippen LogP contribution in [0.1, 0.15) is 23.1 Å². The largest absolute Gasteiger partial charge is 0.492 e. The smallest absolute Gasteiger partial charge is 0.270 e. The van der Waals surface area contributed by atoms with Crippen LogP contribution in [0.3, 0.4) is 0 Å². The number of anilines is 1. The van der Waals surface area contributed by atoms with E-state index >= 15 is 0 Å². The zero-order valence-corrected chi connectivity index (χ0v) is 19.6. The van der Waals surface area contributed by atoms with Gasteiger partial charge in [0, 0.05) is 42.5 Å². The summed E-state index contributed by atoms with van der Waals surface area (Å²) in [6.45, 7) is 7.08. The van der Waals surface area contributed by atoms with Crippen LogP contribution in [0.25, 0.3) is 5.65 Å². The summed E-state index contributed by atoms with van der Waals surface area (Å²) in [6, 6.07) is 12.0. The van der Waals surface area contributed by atoms with Gasteiger partial charge in [-0.3, -0.25) is 9.20 Å². The number of carbonyl (C=O) groups is 1. The van der Waals surface area contributed by atoms with E-state index < -0.39 is 0 Å². The number of ether oxygens (including phenoxy) is 1. The topological polar surface area (TPSA) is 62.1 Å². The lowest BCUT2D eigenvalue weighted by Gasteiger charge is -2.34. The van der Waals surface area contributed by atoms with E-state index in [4.69, 9.17) is 4.74 Å². The molecule has 8 heteroatoms. The Bertz CT molecular complexity index is 1040. The standard InChI is InChI=1S/C23H28BrN5O2/c1-3-20-22(29-16-17(24)4-9-21(29)26-20)23(30)25-10-15-31-19-7-5-18(6-8-19)28-13-11-27(2)12-14-28/h4-9,16H,3,10-15H2,1-2H3,(H,25,30). The Kier molecular flexibility index (Phi) is 6.77. The molecule has 0 bridgehead atoms. The Balaban J connectivity index is 1.30. The van der Waals surface area contributed by atoms with Gasteiger partial charge in [0.15, 0.2) is 0 Å². The van der Waals surface area contributed by atoms with Crippen molar-refractivity contribution in [3.8, 4) is 5.75 Å². The minimum absolute atomic E-state index is 0.142. The van der Waals surface area contributed by atoms with Crippen LogP contribution in [0.2, 0.25) is 0 Å². The van der Waals surface area contributed by atoms with Crippen molar-refractivity contribution in [3.05, 3.63) is 58.5 Å². The summed E-state index contributed by atoms with van der Waals surface area (Å²) >= 11 is 3.46. The number of aromatic nitrogens is 2. The molecule has 1 aliphatic heterocycles. The van der Waals surface area contributed by atoms with E-state index in [9.17, 15) is 4.79 Å². The van der Waals surface area contributed by atoms with Crippen LogP contribution in [0, 0.1) is 0 Å². The average molecular weight is 486 g/mol. The number of nitrogens with zero attached hydrogens (tertiary/aromatic N) is 4. The maximum atomic E-state index is 12.8. The number of amides is 1. The van der Waals surface area contributed by atoms with E-state index in [0.717, 1.165) is 47.7 Å². The predicted octanol–water partition coefficient (Wildman–Crippen LogP) is 3.22. The van der Waals surface area contributed by atoms with Gasteiger partial charge in [0.1, 0.15) is 23.7 Å². The molecule has 1 fully saturated rings. The monoisotopic (exact) mass is 485 g/mol. The van der Waals surface area contributed by atoms with Crippen LogP contribution in [-0.2, 0) is 6.42 Å². The molecule has 0 spiro atoms. The number of carbonyl (C=O) groups excluding carboxylic acids is 1. The molecule has 1 aliphatic rings. The van der Waals surface area contributed by atoms with Gasteiger partial charge in [0.2, 0.25) is 0 Å². The second-order valence-corrected chi connectivity index (χ2v) is 8.64. The van der Waals surface area contributed by atoms with E-state index in [1.165, 1.54) is 5.69 Å². The van der Waals surface area contributed by atoms with Crippen molar-refractivity contribution < 1.29 is 9.53 Å². The minimum Gasteiger partial charge on any atom is -0.492 e. The Labute approximate surface area is 191 Å². The Morgan fingerprint density at radius 2 is 1.87 bits per heavy atom. The number of hydrogen-bond acceptors (Lipinski definition) is 5. The number of fused-ring (bicyclic) bond motifs is 1. The van der Waals surface area contributed by atoms with Gasteiger partial charge in [-0.2, -0.15) is 0 Å². The molecule has 2 aromatic heterocycles. The zero-order valence-electron chi connectivity index (χ0n) is 18.0. The molecule has 0 unspecified atom stereocenters. The quantitative estimate of drug-likeness (QED) is 0.520. The maximum Gasteiger partial charge on any atom is 0.270 e. The van der Waals surface area contributed by atoms with Crippen molar-refractivity contribution in [1.82, 2.24) is 19.6 Å². The number of likely N-dealkylation sites (N-methyl/N-ethyl adjacent to an activating group) is 1. The van der Waals surface area contributed by atoms with Crippen molar-refractivity contribution in [2.75, 3.05) is 51.3 Å². The van der Waals surface area contributed by atoms with Crippen LogP contribution in [0.4, 0.5) is 5.69 Å². The van der Waals surface area contributed by atoms with Crippen LogP contribution >= 0.6 is 15.9 Å². The fourth-order valence-electron chi connectivity index (χ4n) is 3.79. The van der Waals surface area contributed by atoms with Crippen molar-refractivity contribution >= 4 is 33.2 Å². The highest BCUT2D eigenvalue weighted by Crippen LogP contribution is 2.21. The van der Waals surface area contributed by atoms with Gasteiger partial charge in [-0.25, -0.2) is 4.98 Å². The van der Waals surface area contributed by atoms with E-state index in [2.05, 4.69) is 55.2 Å². The van der Waals surface area contributed by atoms with Gasteiger partial charge >= 0.3 is 0 Å². The lowest BCUT2D eigenvalue weighted by molar-refractivity contribution is 0.0940. The highest BCUT2D eigenvalue weighted by atomic mass is 79.9. The molecule has 31 heavy (non-hydrogen) atoms. The van der Waals surface area contributed by atoms with Crippen LogP contribution in [0.15, 0.2) is 47.1 Å². The molecule has 3 aromatic rings. The fraction of sp³-hybridized carbons (Fsp3) is 0.391. The van der Waals surface area contributed by atoms with Crippen molar-refractivity contribution in [1.29, 1.82) is 0 Å². The fourth-order valence-corrected chi connectivity index (χ4v) is 4.13. The van der Waals surface area contributed by atoms with Gasteiger partial charge in [-0.05, 0) is 65.8 Å². The molecule has 7 nitrogen and oxygen atoms in total. The number of piperazine rings is 1. The molecule has 0 atom stereocenters. The summed E-state index contributed by atoms with van der Waals surface area (Å²) < 4.78 is 8.55. The first-order valence-electron chi connectivity index (χ1n) is 10.7. The predicted molar refractivity (Wildman–Crippen MR) is 126 cm³/mol. The zero-order chi connectivity index (χ0) is 21.8. The number of halogens is 1. The highest BCUT2D eigenvalue weighted by Gasteiger charge is 2.18. The van der Waals surface area contributed by atoms with Crippen LogP contribution in [0.5, 0.6) is 5.75 Å². The van der Waals surface area contributed by atoms with Gasteiger partial charge in [0.25, 0.3) is 5.91 Å². The third kappa shape index (κ3) is 5.02. The Hall–Kier alpha value is -2.58. The van der Waals surface area contributed by atoms with Gasteiger partial charge in [-0.15, -0.1) is 0 Å². The molecular formula is C23H28BrN5O2. The van der Waals surface area contributed by atoms with Crippen molar-refractivity contribution in [3.63, 3.8) is 0 Å². The molecule has 1 saturated heterocycles. The first kappa shape index (κ1) is 21.6. The number of imidazole rings is 1. The minimum atomic E-state index is -0.142. The molecule has 0 radical (unpaired) electrons. The lowest BCUT2D eigenvalue weighted by atomic mass is 10.2. The average Bonchev–Trinajstić information content (AvgIpc) is 3.15. The summed E-state index contributed by atoms with van der Waals surface area (Å²) in [5.74, 6) is 0.663. The number of benzene rings is 1. The number of rotatable bonds is 7. The molecular weight excluding hydrogens is 458 g/mol. The summed E-state index contributed by atoms with van der Waals surface area (Å²) in [6.07, 6.45) is 2.56. The maximum absolute atomic E-state index is 12.8. The number of aryl methyl sites for hydroxylation is 1. The summed E-state index contributed by atoms with van der Waals surface area (Å²) in [4.78, 5) is 22.1. The first-order valence-corrected chi connectivity index (χ1v) is 11.5. The SMILES string of the molecule is CCc1nc2ccc(Br)cn2c1C(=O)NCCOc1ccc(N2CCN(C)CC2)cc1. The third-order valence-corrected chi connectivity index (χ3v) is 6.04. The molecule has 0 saturated carbocycles. The Morgan fingerprint density at radius 3 is 2.58 bits per heavy atom. The molecule has 1 amide bonds. The normalized spacial score (nSPS) is 14.7.